The molecule has 84 valence electrons. The third-order valence-corrected chi connectivity index (χ3v) is 2.99. The molecule has 0 saturated heterocycles. The maximum absolute atomic E-state index is 5.94. The Labute approximate surface area is 99.7 Å². The molecule has 0 amide bonds. The van der Waals surface area contributed by atoms with E-state index in [0.29, 0.717) is 5.82 Å². The lowest BCUT2D eigenvalue weighted by molar-refractivity contribution is 0.844. The SMILES string of the molecule is CSc1cc(N)n(-c2cc(C)cc(C)c2)n1. The zero-order valence-corrected chi connectivity index (χ0v) is 10.5. The van der Waals surface area contributed by atoms with Gasteiger partial charge in [0.15, 0.2) is 0 Å². The van der Waals surface area contributed by atoms with Crippen molar-refractivity contribution < 1.29 is 0 Å². The zero-order chi connectivity index (χ0) is 11.7. The number of rotatable bonds is 2. The molecule has 1 aromatic carbocycles. The molecule has 1 heterocycles. The van der Waals surface area contributed by atoms with Crippen molar-refractivity contribution in [3.63, 3.8) is 0 Å². The monoisotopic (exact) mass is 233 g/mol. The molecule has 0 bridgehead atoms. The average Bonchev–Trinajstić information content (AvgIpc) is 2.58. The van der Waals surface area contributed by atoms with Crippen LogP contribution in [0.3, 0.4) is 0 Å². The molecule has 0 radical (unpaired) electrons. The molecule has 0 unspecified atom stereocenters. The molecule has 1 aromatic heterocycles. The van der Waals surface area contributed by atoms with Crippen molar-refractivity contribution >= 4 is 17.6 Å². The second kappa shape index (κ2) is 4.22. The van der Waals surface area contributed by atoms with Crippen LogP contribution >= 0.6 is 11.8 Å². The largest absolute Gasteiger partial charge is 0.384 e. The van der Waals surface area contributed by atoms with Crippen molar-refractivity contribution in [2.75, 3.05) is 12.0 Å². The van der Waals surface area contributed by atoms with E-state index in [4.69, 9.17) is 5.73 Å². The van der Waals surface area contributed by atoms with Gasteiger partial charge in [-0.25, -0.2) is 4.68 Å². The Morgan fingerprint density at radius 1 is 1.12 bits per heavy atom. The van der Waals surface area contributed by atoms with E-state index in [1.807, 2.05) is 12.3 Å². The van der Waals surface area contributed by atoms with E-state index in [1.54, 1.807) is 16.4 Å². The summed E-state index contributed by atoms with van der Waals surface area (Å²) < 4.78 is 1.78. The fraction of sp³-hybridized carbons (Fsp3) is 0.250. The molecule has 0 aliphatic carbocycles. The van der Waals surface area contributed by atoms with Gasteiger partial charge in [-0.2, -0.15) is 5.10 Å². The topological polar surface area (TPSA) is 43.8 Å². The Balaban J connectivity index is 2.53. The first kappa shape index (κ1) is 11.1. The van der Waals surface area contributed by atoms with E-state index in [9.17, 15) is 0 Å². The van der Waals surface area contributed by atoms with E-state index in [0.717, 1.165) is 10.7 Å². The summed E-state index contributed by atoms with van der Waals surface area (Å²) in [7, 11) is 0. The number of anilines is 1. The van der Waals surface area contributed by atoms with Crippen LogP contribution in [-0.2, 0) is 0 Å². The van der Waals surface area contributed by atoms with Crippen LogP contribution in [0.2, 0.25) is 0 Å². The Bertz CT molecular complexity index is 497. The van der Waals surface area contributed by atoms with Gasteiger partial charge in [0.25, 0.3) is 0 Å². The van der Waals surface area contributed by atoms with Gasteiger partial charge in [0, 0.05) is 6.07 Å². The lowest BCUT2D eigenvalue weighted by Crippen LogP contribution is -2.02. The number of nitrogens with zero attached hydrogens (tertiary/aromatic N) is 2. The third-order valence-electron chi connectivity index (χ3n) is 2.37. The summed E-state index contributed by atoms with van der Waals surface area (Å²) in [6, 6.07) is 8.20. The maximum Gasteiger partial charge on any atom is 0.128 e. The fourth-order valence-electron chi connectivity index (χ4n) is 1.75. The van der Waals surface area contributed by atoms with E-state index < -0.39 is 0 Å². The van der Waals surface area contributed by atoms with Gasteiger partial charge in [0.05, 0.1) is 5.69 Å². The highest BCUT2D eigenvalue weighted by molar-refractivity contribution is 7.98. The Hall–Kier alpha value is -1.42. The van der Waals surface area contributed by atoms with Gasteiger partial charge in [-0.15, -0.1) is 11.8 Å². The van der Waals surface area contributed by atoms with Gasteiger partial charge in [0.1, 0.15) is 10.8 Å². The maximum atomic E-state index is 5.94. The normalized spacial score (nSPS) is 10.7. The van der Waals surface area contributed by atoms with Crippen LogP contribution in [0, 0.1) is 13.8 Å². The number of aromatic nitrogens is 2. The summed E-state index contributed by atoms with van der Waals surface area (Å²) in [5, 5.41) is 5.38. The van der Waals surface area contributed by atoms with Crippen molar-refractivity contribution in [1.82, 2.24) is 9.78 Å². The summed E-state index contributed by atoms with van der Waals surface area (Å²) in [4.78, 5) is 0. The van der Waals surface area contributed by atoms with Crippen LogP contribution in [0.25, 0.3) is 5.69 Å². The van der Waals surface area contributed by atoms with Crippen LogP contribution in [0.4, 0.5) is 5.82 Å². The highest BCUT2D eigenvalue weighted by Gasteiger charge is 2.06. The van der Waals surface area contributed by atoms with Crippen LogP contribution in [0.5, 0.6) is 0 Å². The molecule has 0 fully saturated rings. The highest BCUT2D eigenvalue weighted by Crippen LogP contribution is 2.21. The Kier molecular flexibility index (Phi) is 2.92. The van der Waals surface area contributed by atoms with Gasteiger partial charge in [-0.3, -0.25) is 0 Å². The molecule has 0 saturated carbocycles. The molecule has 4 heteroatoms. The minimum atomic E-state index is 0.675. The zero-order valence-electron chi connectivity index (χ0n) is 9.69. The minimum Gasteiger partial charge on any atom is -0.384 e. The molecule has 2 aromatic rings. The number of nitrogen functional groups attached to an aromatic ring is 1. The van der Waals surface area contributed by atoms with Crippen molar-refractivity contribution in [2.45, 2.75) is 18.9 Å². The molecule has 0 aliphatic heterocycles. The molecule has 3 nitrogen and oxygen atoms in total. The summed E-state index contributed by atoms with van der Waals surface area (Å²) >= 11 is 1.59. The number of hydrogen-bond donors (Lipinski definition) is 1. The molecule has 2 N–H and O–H groups in total. The van der Waals surface area contributed by atoms with Crippen molar-refractivity contribution in [3.05, 3.63) is 35.4 Å². The molecule has 16 heavy (non-hydrogen) atoms. The highest BCUT2D eigenvalue weighted by atomic mass is 32.2. The average molecular weight is 233 g/mol. The molecular weight excluding hydrogens is 218 g/mol. The Morgan fingerprint density at radius 2 is 1.75 bits per heavy atom. The fourth-order valence-corrected chi connectivity index (χ4v) is 2.15. The summed E-state index contributed by atoms with van der Waals surface area (Å²) in [5.41, 5.74) is 9.40. The number of benzene rings is 1. The first-order chi connectivity index (χ1) is 7.60. The number of hydrogen-bond acceptors (Lipinski definition) is 3. The van der Waals surface area contributed by atoms with Crippen molar-refractivity contribution in [1.29, 1.82) is 0 Å². The van der Waals surface area contributed by atoms with Gasteiger partial charge in [-0.1, -0.05) is 6.07 Å². The van der Waals surface area contributed by atoms with Crippen LogP contribution in [0.15, 0.2) is 29.3 Å². The van der Waals surface area contributed by atoms with Crippen molar-refractivity contribution in [3.8, 4) is 5.69 Å². The Morgan fingerprint density at radius 3 is 2.25 bits per heavy atom. The predicted octanol–water partition coefficient (Wildman–Crippen LogP) is 2.79. The second-order valence-corrected chi connectivity index (χ2v) is 4.70. The van der Waals surface area contributed by atoms with E-state index >= 15 is 0 Å². The quantitative estimate of drug-likeness (QED) is 0.811. The van der Waals surface area contributed by atoms with E-state index in [1.165, 1.54) is 11.1 Å². The summed E-state index contributed by atoms with van der Waals surface area (Å²) in [5.74, 6) is 0.675. The minimum absolute atomic E-state index is 0.675. The van der Waals surface area contributed by atoms with Gasteiger partial charge < -0.3 is 5.73 Å². The third kappa shape index (κ3) is 2.07. The van der Waals surface area contributed by atoms with Crippen LogP contribution in [0.1, 0.15) is 11.1 Å². The number of thioether (sulfide) groups is 1. The predicted molar refractivity (Wildman–Crippen MR) is 69.2 cm³/mol. The molecule has 2 rings (SSSR count). The smallest absolute Gasteiger partial charge is 0.128 e. The number of nitrogens with two attached hydrogens (primary N) is 1. The van der Waals surface area contributed by atoms with E-state index in [-0.39, 0.29) is 0 Å². The summed E-state index contributed by atoms with van der Waals surface area (Å²) in [6.07, 6.45) is 1.99. The van der Waals surface area contributed by atoms with Crippen LogP contribution < -0.4 is 5.73 Å². The van der Waals surface area contributed by atoms with Crippen LogP contribution in [-0.4, -0.2) is 16.0 Å². The van der Waals surface area contributed by atoms with Gasteiger partial charge in [-0.05, 0) is 43.4 Å². The van der Waals surface area contributed by atoms with Gasteiger partial charge in [0.2, 0.25) is 0 Å². The molecular formula is C12H15N3S. The second-order valence-electron chi connectivity index (χ2n) is 3.87. The first-order valence-corrected chi connectivity index (χ1v) is 6.31. The standard InChI is InChI=1S/C12H15N3S/c1-8-4-9(2)6-10(5-8)15-11(13)7-12(14-15)16-3/h4-7H,13H2,1-3H3. The lowest BCUT2D eigenvalue weighted by atomic mass is 10.1. The molecule has 0 spiro atoms. The van der Waals surface area contributed by atoms with Crippen molar-refractivity contribution in [2.24, 2.45) is 0 Å². The number of aryl methyl sites for hydroxylation is 2. The van der Waals surface area contributed by atoms with Gasteiger partial charge >= 0.3 is 0 Å². The summed E-state index contributed by atoms with van der Waals surface area (Å²) in [6.45, 7) is 4.15. The van der Waals surface area contributed by atoms with E-state index in [2.05, 4.69) is 37.1 Å². The molecule has 0 atom stereocenters. The lowest BCUT2D eigenvalue weighted by Gasteiger charge is -2.06. The first-order valence-electron chi connectivity index (χ1n) is 5.08. The molecule has 0 aliphatic rings.